The smallest absolute Gasteiger partial charge is 0.326 e. The maximum atomic E-state index is 14.5. The maximum absolute atomic E-state index is 14.5. The van der Waals surface area contributed by atoms with Crippen LogP contribution in [0.3, 0.4) is 0 Å². The molecule has 4 rings (SSSR count). The van der Waals surface area contributed by atoms with E-state index in [1.807, 2.05) is 0 Å². The number of nitrogens with one attached hydrogen (secondary N) is 7. The van der Waals surface area contributed by atoms with Crippen molar-refractivity contribution in [1.82, 2.24) is 46.8 Å². The Kier molecular flexibility index (Phi) is 21.9. The minimum absolute atomic E-state index is 0.000428. The van der Waals surface area contributed by atoms with Crippen molar-refractivity contribution in [2.75, 3.05) is 19.6 Å². The molecule has 72 heavy (non-hydrogen) atoms. The fourth-order valence-electron chi connectivity index (χ4n) is 7.80. The largest absolute Gasteiger partial charge is 0.508 e. The van der Waals surface area contributed by atoms with Crippen molar-refractivity contribution in [1.29, 1.82) is 0 Å². The molecular weight excluding hydrogens is 939 g/mol. The Bertz CT molecular complexity index is 2360. The topological polar surface area (TPSA) is 409 Å². The van der Waals surface area contributed by atoms with Crippen LogP contribution < -0.4 is 49.1 Å². The van der Waals surface area contributed by atoms with Crippen LogP contribution >= 0.6 is 0 Å². The molecule has 2 heterocycles. The molecule has 0 saturated carbocycles. The summed E-state index contributed by atoms with van der Waals surface area (Å²) in [5.74, 6) is -9.06. The lowest BCUT2D eigenvalue weighted by Crippen LogP contribution is -2.60. The van der Waals surface area contributed by atoms with E-state index in [9.17, 15) is 53.4 Å². The van der Waals surface area contributed by atoms with Gasteiger partial charge in [0.2, 0.25) is 41.4 Å². The summed E-state index contributed by atoms with van der Waals surface area (Å²) in [5, 5.41) is 44.4. The summed E-state index contributed by atoms with van der Waals surface area (Å²) in [7, 11) is 0. The van der Waals surface area contributed by atoms with Crippen LogP contribution in [0.1, 0.15) is 69.2 Å². The van der Waals surface area contributed by atoms with Crippen LogP contribution in [0.2, 0.25) is 0 Å². The molecule has 0 radical (unpaired) electrons. The molecular formula is C47H65N13O12. The maximum Gasteiger partial charge on any atom is 0.326 e. The molecule has 3 aromatic rings. The number of amides is 7. The summed E-state index contributed by atoms with van der Waals surface area (Å²) in [6.07, 6.45) is 2.96. The van der Waals surface area contributed by atoms with Crippen molar-refractivity contribution in [2.24, 2.45) is 28.1 Å². The van der Waals surface area contributed by atoms with E-state index >= 15 is 0 Å². The average Bonchev–Trinajstić information content (AvgIpc) is 4.06. The van der Waals surface area contributed by atoms with Gasteiger partial charge in [-0.15, -0.1) is 0 Å². The SMILES string of the molecule is CC[C@H](C)[C@H](NC(=O)[C@H](Cc1ccc(O)cc1)NC(=O)CNC(=O)[C@H](CCCN=C(N)N)NC(=O)[C@@H](N)CC(=O)O)C(=O)N[C@@H](Cc1cnc[nH]1)C(=O)N1CCC[C@H]1C(=O)N[C@@H](Cc1ccccc1)C(=O)O. The van der Waals surface area contributed by atoms with Crippen molar-refractivity contribution in [3.63, 3.8) is 0 Å². The number of benzene rings is 2. The van der Waals surface area contributed by atoms with Crippen molar-refractivity contribution >= 4 is 59.2 Å². The van der Waals surface area contributed by atoms with E-state index in [0.29, 0.717) is 29.7 Å². The van der Waals surface area contributed by atoms with Crippen LogP contribution in [0.15, 0.2) is 72.1 Å². The zero-order valence-corrected chi connectivity index (χ0v) is 40.0. The second-order valence-corrected chi connectivity index (χ2v) is 17.4. The van der Waals surface area contributed by atoms with E-state index in [1.54, 1.807) is 44.2 Å². The first kappa shape index (κ1) is 56.5. The first-order valence-corrected chi connectivity index (χ1v) is 23.4. The summed E-state index contributed by atoms with van der Waals surface area (Å²) < 4.78 is 0. The van der Waals surface area contributed by atoms with E-state index in [2.05, 4.69) is 46.9 Å². The Morgan fingerprint density at radius 3 is 2.10 bits per heavy atom. The van der Waals surface area contributed by atoms with Gasteiger partial charge in [0.25, 0.3) is 0 Å². The number of aromatic nitrogens is 2. The van der Waals surface area contributed by atoms with Gasteiger partial charge in [0.15, 0.2) is 5.96 Å². The molecule has 1 fully saturated rings. The molecule has 2 aromatic carbocycles. The Labute approximate surface area is 414 Å². The molecule has 25 nitrogen and oxygen atoms in total. The number of guanidine groups is 1. The second kappa shape index (κ2) is 27.9. The molecule has 8 atom stereocenters. The zero-order valence-electron chi connectivity index (χ0n) is 40.0. The van der Waals surface area contributed by atoms with Gasteiger partial charge < -0.3 is 74.3 Å². The number of nitrogens with zero attached hydrogens (tertiary/aromatic N) is 3. The van der Waals surface area contributed by atoms with Crippen LogP contribution in [-0.2, 0) is 62.4 Å². The van der Waals surface area contributed by atoms with Crippen molar-refractivity contribution in [3.8, 4) is 5.75 Å². The molecule has 1 aromatic heterocycles. The van der Waals surface area contributed by atoms with Gasteiger partial charge in [-0.3, -0.25) is 43.3 Å². The molecule has 7 amide bonds. The molecule has 0 unspecified atom stereocenters. The number of carboxylic acids is 2. The van der Waals surface area contributed by atoms with Gasteiger partial charge in [-0.25, -0.2) is 9.78 Å². The van der Waals surface area contributed by atoms with Crippen LogP contribution in [0, 0.1) is 5.92 Å². The number of rotatable bonds is 28. The number of aromatic hydroxyl groups is 1. The third-order valence-corrected chi connectivity index (χ3v) is 11.9. The van der Waals surface area contributed by atoms with Gasteiger partial charge in [-0.2, -0.15) is 0 Å². The lowest BCUT2D eigenvalue weighted by atomic mass is 9.96. The molecule has 1 aliphatic rings. The van der Waals surface area contributed by atoms with Gasteiger partial charge in [-0.05, 0) is 54.9 Å². The predicted octanol–water partition coefficient (Wildman–Crippen LogP) is -2.34. The quantitative estimate of drug-likeness (QED) is 0.0206. The van der Waals surface area contributed by atoms with Crippen molar-refractivity contribution in [3.05, 3.63) is 83.9 Å². The zero-order chi connectivity index (χ0) is 52.9. The number of imidazole rings is 1. The number of hydrogen-bond acceptors (Lipinski definition) is 13. The van der Waals surface area contributed by atoms with Crippen LogP contribution in [0.25, 0.3) is 0 Å². The number of nitrogens with two attached hydrogens (primary N) is 3. The molecule has 1 aliphatic heterocycles. The number of aliphatic carboxylic acids is 2. The van der Waals surface area contributed by atoms with Gasteiger partial charge in [0, 0.05) is 44.2 Å². The number of likely N-dealkylation sites (tertiary alicyclic amines) is 1. The second-order valence-electron chi connectivity index (χ2n) is 17.4. The molecule has 1 saturated heterocycles. The number of hydrogen-bond donors (Lipinski definition) is 13. The highest BCUT2D eigenvalue weighted by atomic mass is 16.4. The minimum atomic E-state index is -1.50. The highest BCUT2D eigenvalue weighted by Gasteiger charge is 2.40. The molecule has 0 spiro atoms. The first-order chi connectivity index (χ1) is 34.3. The van der Waals surface area contributed by atoms with Crippen molar-refractivity contribution in [2.45, 2.75) is 114 Å². The predicted molar refractivity (Wildman–Crippen MR) is 259 cm³/mol. The number of phenolic OH excluding ortho intramolecular Hbond substituents is 1. The van der Waals surface area contributed by atoms with E-state index in [1.165, 1.54) is 41.7 Å². The Morgan fingerprint density at radius 2 is 1.47 bits per heavy atom. The lowest BCUT2D eigenvalue weighted by molar-refractivity contribution is -0.145. The van der Waals surface area contributed by atoms with Gasteiger partial charge in [0.1, 0.15) is 42.0 Å². The summed E-state index contributed by atoms with van der Waals surface area (Å²) >= 11 is 0. The summed E-state index contributed by atoms with van der Waals surface area (Å²) in [4.78, 5) is 132. The first-order valence-electron chi connectivity index (χ1n) is 23.4. The van der Waals surface area contributed by atoms with Gasteiger partial charge in [-0.1, -0.05) is 62.7 Å². The van der Waals surface area contributed by atoms with Crippen molar-refractivity contribution < 1.29 is 58.5 Å². The molecule has 390 valence electrons. The van der Waals surface area contributed by atoms with E-state index in [-0.39, 0.29) is 63.3 Å². The highest BCUT2D eigenvalue weighted by molar-refractivity contribution is 5.97. The number of carbonyl (C=O) groups is 9. The minimum Gasteiger partial charge on any atom is -0.508 e. The average molecular weight is 1000 g/mol. The number of carboxylic acid groups (broad SMARTS) is 2. The van der Waals surface area contributed by atoms with Crippen LogP contribution in [0.5, 0.6) is 5.75 Å². The monoisotopic (exact) mass is 1000 g/mol. The van der Waals surface area contributed by atoms with E-state index in [4.69, 9.17) is 22.3 Å². The molecule has 25 heteroatoms. The molecule has 16 N–H and O–H groups in total. The van der Waals surface area contributed by atoms with Crippen LogP contribution in [-0.4, -0.2) is 151 Å². The summed E-state index contributed by atoms with van der Waals surface area (Å²) in [6, 6.07) is 5.33. The number of aliphatic imine (C=N–C) groups is 1. The van der Waals surface area contributed by atoms with Gasteiger partial charge in [0.05, 0.1) is 25.3 Å². The third-order valence-electron chi connectivity index (χ3n) is 11.9. The van der Waals surface area contributed by atoms with Crippen LogP contribution in [0.4, 0.5) is 0 Å². The number of carbonyl (C=O) groups excluding carboxylic acids is 7. The summed E-state index contributed by atoms with van der Waals surface area (Å²) in [6.45, 7) is 2.94. The number of H-pyrrole nitrogens is 1. The fraction of sp³-hybridized carbons (Fsp3) is 0.468. The lowest BCUT2D eigenvalue weighted by Gasteiger charge is -2.31. The number of phenols is 1. The normalized spacial score (nSPS) is 16.0. The Hall–Kier alpha value is -8.09. The standard InChI is InChI=1S/C47H65N13O12/c1-3-26(2)39(44(69)57-34(21-29-23-51-25-54-29)45(70)60-18-8-12-36(60)43(68)58-35(46(71)72)20-27-9-5-4-6-10-27)59-42(67)33(19-28-13-15-30(61)16-14-28)55-37(62)24-53-41(66)32(11-7-17-52-47(49)50)56-40(65)31(48)22-38(63)64/h4-6,9-10,13-16,23,25-26,31-36,39,61H,3,7-8,11-12,17-22,24,48H2,1-2H3,(H,51,54)(H,53,66)(H,55,62)(H,56,65)(H,57,69)(H,58,68)(H,59,67)(H,63,64)(H,71,72)(H4,49,50,52)/t26-,31-,32-,33-,34-,35-,36-,39-/m0/s1. The number of aromatic amines is 1. The highest BCUT2D eigenvalue weighted by Crippen LogP contribution is 2.21. The summed E-state index contributed by atoms with van der Waals surface area (Å²) in [5.41, 5.74) is 18.1. The fourth-order valence-corrected chi connectivity index (χ4v) is 7.80. The Morgan fingerprint density at radius 1 is 0.806 bits per heavy atom. The van der Waals surface area contributed by atoms with E-state index < -0.39 is 114 Å². The third kappa shape index (κ3) is 18.0. The molecule has 0 aliphatic carbocycles. The Balaban J connectivity index is 1.52. The molecule has 0 bridgehead atoms. The van der Waals surface area contributed by atoms with Gasteiger partial charge >= 0.3 is 11.9 Å². The van der Waals surface area contributed by atoms with E-state index in [0.717, 1.165) is 0 Å².